The molecule has 2 aromatic carbocycles. The Labute approximate surface area is 161 Å². The first-order valence-corrected chi connectivity index (χ1v) is 9.07. The highest BCUT2D eigenvalue weighted by Gasteiger charge is 2.12. The molecule has 6 nitrogen and oxygen atoms in total. The van der Waals surface area contributed by atoms with E-state index in [0.717, 1.165) is 11.0 Å². The fourth-order valence-electron chi connectivity index (χ4n) is 3.08. The van der Waals surface area contributed by atoms with Gasteiger partial charge >= 0.3 is 0 Å². The normalized spacial score (nSPS) is 11.5. The highest BCUT2D eigenvalue weighted by atomic mass is 16.3. The SMILES string of the molecule is CCN(Cc1nc2ccccc2c(=O)[nH]1)C(=O)/C=C\c1cc2ccccc2o1. The van der Waals surface area contributed by atoms with E-state index in [1.54, 1.807) is 29.2 Å². The molecule has 140 valence electrons. The van der Waals surface area contributed by atoms with Crippen molar-refractivity contribution >= 4 is 33.9 Å². The number of nitrogens with zero attached hydrogens (tertiary/aromatic N) is 2. The van der Waals surface area contributed by atoms with Crippen molar-refractivity contribution in [3.05, 3.63) is 82.6 Å². The number of para-hydroxylation sites is 2. The monoisotopic (exact) mass is 373 g/mol. The Morgan fingerprint density at radius 1 is 1.18 bits per heavy atom. The Hall–Kier alpha value is -3.67. The second kappa shape index (κ2) is 7.52. The Balaban J connectivity index is 1.53. The lowest BCUT2D eigenvalue weighted by Crippen LogP contribution is -2.30. The van der Waals surface area contributed by atoms with Crippen LogP contribution < -0.4 is 5.56 Å². The molecule has 0 fully saturated rings. The number of hydrogen-bond acceptors (Lipinski definition) is 4. The molecule has 0 aliphatic carbocycles. The molecule has 0 atom stereocenters. The molecule has 28 heavy (non-hydrogen) atoms. The topological polar surface area (TPSA) is 79.2 Å². The van der Waals surface area contributed by atoms with Gasteiger partial charge in [-0.3, -0.25) is 9.59 Å². The van der Waals surface area contributed by atoms with Crippen LogP contribution in [-0.4, -0.2) is 27.3 Å². The zero-order valence-electron chi connectivity index (χ0n) is 15.4. The van der Waals surface area contributed by atoms with E-state index in [9.17, 15) is 9.59 Å². The third-order valence-electron chi connectivity index (χ3n) is 4.53. The second-order valence-corrected chi connectivity index (χ2v) is 6.40. The number of fused-ring (bicyclic) bond motifs is 2. The van der Waals surface area contributed by atoms with Crippen molar-refractivity contribution in [3.8, 4) is 0 Å². The molecule has 0 saturated carbocycles. The maximum Gasteiger partial charge on any atom is 0.258 e. The minimum Gasteiger partial charge on any atom is -0.457 e. The van der Waals surface area contributed by atoms with Crippen LogP contribution >= 0.6 is 0 Å². The summed E-state index contributed by atoms with van der Waals surface area (Å²) in [4.78, 5) is 33.6. The lowest BCUT2D eigenvalue weighted by atomic mass is 10.2. The molecule has 1 N–H and O–H groups in total. The van der Waals surface area contributed by atoms with Gasteiger partial charge < -0.3 is 14.3 Å². The van der Waals surface area contributed by atoms with Crippen molar-refractivity contribution in [2.45, 2.75) is 13.5 Å². The average molecular weight is 373 g/mol. The largest absolute Gasteiger partial charge is 0.457 e. The number of carbonyl (C=O) groups excluding carboxylic acids is 1. The Morgan fingerprint density at radius 3 is 2.79 bits per heavy atom. The molecule has 6 heteroatoms. The van der Waals surface area contributed by atoms with Gasteiger partial charge in [0.25, 0.3) is 5.56 Å². The summed E-state index contributed by atoms with van der Waals surface area (Å²) in [6.45, 7) is 2.59. The van der Waals surface area contributed by atoms with E-state index in [1.165, 1.54) is 6.08 Å². The summed E-state index contributed by atoms with van der Waals surface area (Å²) >= 11 is 0. The molecule has 2 aromatic heterocycles. The molecule has 4 aromatic rings. The van der Waals surface area contributed by atoms with Crippen LogP contribution in [0, 0.1) is 0 Å². The van der Waals surface area contributed by atoms with E-state index in [1.807, 2.05) is 43.3 Å². The maximum atomic E-state index is 12.6. The van der Waals surface area contributed by atoms with Crippen LogP contribution in [0.1, 0.15) is 18.5 Å². The number of hydrogen-bond donors (Lipinski definition) is 1. The molecule has 0 saturated heterocycles. The minimum atomic E-state index is -0.207. The summed E-state index contributed by atoms with van der Waals surface area (Å²) in [6.07, 6.45) is 3.13. The maximum absolute atomic E-state index is 12.6. The van der Waals surface area contributed by atoms with Gasteiger partial charge in [-0.15, -0.1) is 0 Å². The standard InChI is InChI=1S/C22H19N3O3/c1-2-25(14-20-23-18-9-5-4-8-17(18)22(27)24-20)21(26)12-11-16-13-15-7-3-6-10-19(15)28-16/h3-13H,2,14H2,1H3,(H,23,24,27)/b12-11-. The first-order chi connectivity index (χ1) is 13.6. The third kappa shape index (κ3) is 3.57. The number of benzene rings is 2. The molecule has 0 aliphatic rings. The molecule has 2 heterocycles. The van der Waals surface area contributed by atoms with Gasteiger partial charge in [0.2, 0.25) is 5.91 Å². The predicted molar refractivity (Wildman–Crippen MR) is 109 cm³/mol. The highest BCUT2D eigenvalue weighted by molar-refractivity contribution is 5.92. The summed E-state index contributed by atoms with van der Waals surface area (Å²) in [7, 11) is 0. The quantitative estimate of drug-likeness (QED) is 0.541. The van der Waals surface area contributed by atoms with Gasteiger partial charge in [-0.05, 0) is 37.3 Å². The zero-order chi connectivity index (χ0) is 19.5. The molecule has 0 aliphatic heterocycles. The lowest BCUT2D eigenvalue weighted by Gasteiger charge is -2.18. The molecule has 1 amide bonds. The van der Waals surface area contributed by atoms with Crippen molar-refractivity contribution in [2.24, 2.45) is 0 Å². The fraction of sp³-hybridized carbons (Fsp3) is 0.136. The second-order valence-electron chi connectivity index (χ2n) is 6.40. The lowest BCUT2D eigenvalue weighted by molar-refractivity contribution is -0.126. The zero-order valence-corrected chi connectivity index (χ0v) is 15.4. The van der Waals surface area contributed by atoms with E-state index >= 15 is 0 Å². The number of aromatic nitrogens is 2. The Morgan fingerprint density at radius 2 is 1.96 bits per heavy atom. The summed E-state index contributed by atoms with van der Waals surface area (Å²) in [5, 5.41) is 1.52. The molecular weight excluding hydrogens is 354 g/mol. The summed E-state index contributed by atoms with van der Waals surface area (Å²) in [6, 6.07) is 16.7. The first-order valence-electron chi connectivity index (χ1n) is 9.07. The van der Waals surface area contributed by atoms with Gasteiger partial charge in [0.05, 0.1) is 17.4 Å². The van der Waals surface area contributed by atoms with Crippen molar-refractivity contribution in [1.29, 1.82) is 0 Å². The number of nitrogens with one attached hydrogen (secondary N) is 1. The summed E-state index contributed by atoms with van der Waals surface area (Å²) < 4.78 is 5.70. The third-order valence-corrected chi connectivity index (χ3v) is 4.53. The van der Waals surface area contributed by atoms with E-state index < -0.39 is 0 Å². The van der Waals surface area contributed by atoms with Crippen LogP contribution in [0.25, 0.3) is 27.9 Å². The van der Waals surface area contributed by atoms with Crippen LogP contribution in [0.3, 0.4) is 0 Å². The molecular formula is C22H19N3O3. The van der Waals surface area contributed by atoms with Gasteiger partial charge in [-0.25, -0.2) is 4.98 Å². The van der Waals surface area contributed by atoms with Crippen LogP contribution in [-0.2, 0) is 11.3 Å². The van der Waals surface area contributed by atoms with E-state index in [-0.39, 0.29) is 18.0 Å². The van der Waals surface area contributed by atoms with E-state index in [4.69, 9.17) is 4.42 Å². The van der Waals surface area contributed by atoms with E-state index in [2.05, 4.69) is 9.97 Å². The number of rotatable bonds is 5. The summed E-state index contributed by atoms with van der Waals surface area (Å²) in [5.41, 5.74) is 1.18. The number of furan rings is 1. The number of H-pyrrole nitrogens is 1. The van der Waals surface area contributed by atoms with Crippen LogP contribution in [0.4, 0.5) is 0 Å². The van der Waals surface area contributed by atoms with Gasteiger partial charge in [-0.1, -0.05) is 30.3 Å². The minimum absolute atomic E-state index is 0.182. The Bertz CT molecular complexity index is 1200. The molecule has 0 radical (unpaired) electrons. The Kier molecular flexibility index (Phi) is 4.76. The predicted octanol–water partition coefficient (Wildman–Crippen LogP) is 3.73. The highest BCUT2D eigenvalue weighted by Crippen LogP contribution is 2.19. The number of amides is 1. The number of aromatic amines is 1. The fourth-order valence-corrected chi connectivity index (χ4v) is 3.08. The van der Waals surface area contributed by atoms with Crippen LogP contribution in [0.15, 0.2) is 69.9 Å². The summed E-state index contributed by atoms with van der Waals surface area (Å²) in [5.74, 6) is 0.887. The van der Waals surface area contributed by atoms with Crippen molar-refractivity contribution in [3.63, 3.8) is 0 Å². The van der Waals surface area contributed by atoms with Gasteiger partial charge in [-0.2, -0.15) is 0 Å². The van der Waals surface area contributed by atoms with Crippen LogP contribution in [0.5, 0.6) is 0 Å². The van der Waals surface area contributed by atoms with E-state index in [0.29, 0.717) is 29.0 Å². The number of likely N-dealkylation sites (N-methyl/N-ethyl adjacent to an activating group) is 1. The molecule has 0 unspecified atom stereocenters. The van der Waals surface area contributed by atoms with Crippen molar-refractivity contribution in [1.82, 2.24) is 14.9 Å². The average Bonchev–Trinajstić information content (AvgIpc) is 3.13. The van der Waals surface area contributed by atoms with Crippen LogP contribution in [0.2, 0.25) is 0 Å². The van der Waals surface area contributed by atoms with Gasteiger partial charge in [0.1, 0.15) is 17.2 Å². The van der Waals surface area contributed by atoms with Crippen molar-refractivity contribution in [2.75, 3.05) is 6.54 Å². The van der Waals surface area contributed by atoms with Gasteiger partial charge in [0.15, 0.2) is 0 Å². The first kappa shape index (κ1) is 17.7. The molecule has 0 bridgehead atoms. The number of carbonyl (C=O) groups is 1. The molecule has 0 spiro atoms. The molecule has 4 rings (SSSR count). The smallest absolute Gasteiger partial charge is 0.258 e. The van der Waals surface area contributed by atoms with Gasteiger partial charge in [0, 0.05) is 18.0 Å². The van der Waals surface area contributed by atoms with Crippen molar-refractivity contribution < 1.29 is 9.21 Å².